The van der Waals surface area contributed by atoms with E-state index in [1.54, 1.807) is 24.5 Å². The molecule has 0 bridgehead atoms. The second-order valence-corrected chi connectivity index (χ2v) is 7.22. The maximum absolute atomic E-state index is 12.6. The molecular formula is C22H21ClN4O. The number of amides is 1. The Hall–Kier alpha value is -2.76. The minimum absolute atomic E-state index is 0.0135. The van der Waals surface area contributed by atoms with Gasteiger partial charge in [0.1, 0.15) is 5.15 Å². The smallest absolute Gasteiger partial charge is 0.255 e. The predicted molar refractivity (Wildman–Crippen MR) is 110 cm³/mol. The van der Waals surface area contributed by atoms with Gasteiger partial charge < -0.3 is 4.90 Å². The first-order chi connectivity index (χ1) is 13.7. The summed E-state index contributed by atoms with van der Waals surface area (Å²) in [6.07, 6.45) is 5.23. The van der Waals surface area contributed by atoms with Gasteiger partial charge in [-0.15, -0.1) is 0 Å². The van der Waals surface area contributed by atoms with E-state index in [-0.39, 0.29) is 5.91 Å². The molecule has 1 amide bonds. The Morgan fingerprint density at radius 1 is 0.964 bits per heavy atom. The summed E-state index contributed by atoms with van der Waals surface area (Å²) in [7, 11) is 0. The van der Waals surface area contributed by atoms with Gasteiger partial charge in [0, 0.05) is 56.9 Å². The summed E-state index contributed by atoms with van der Waals surface area (Å²) in [6.45, 7) is 3.95. The van der Waals surface area contributed by atoms with Crippen molar-refractivity contribution in [1.29, 1.82) is 0 Å². The van der Waals surface area contributed by atoms with Crippen molar-refractivity contribution in [2.24, 2.45) is 0 Å². The number of rotatable bonds is 4. The van der Waals surface area contributed by atoms with E-state index in [2.05, 4.69) is 45.2 Å². The van der Waals surface area contributed by atoms with Crippen LogP contribution in [-0.2, 0) is 6.54 Å². The van der Waals surface area contributed by atoms with Crippen molar-refractivity contribution in [3.8, 4) is 11.1 Å². The molecule has 142 valence electrons. The third-order valence-electron chi connectivity index (χ3n) is 5.02. The normalized spacial score (nSPS) is 14.8. The second kappa shape index (κ2) is 8.50. The fourth-order valence-corrected chi connectivity index (χ4v) is 3.61. The third-order valence-corrected chi connectivity index (χ3v) is 5.24. The van der Waals surface area contributed by atoms with Gasteiger partial charge in [0.15, 0.2) is 0 Å². The number of benzene rings is 1. The van der Waals surface area contributed by atoms with Crippen LogP contribution in [0.4, 0.5) is 0 Å². The Bertz CT molecular complexity index is 938. The lowest BCUT2D eigenvalue weighted by Crippen LogP contribution is -2.48. The molecule has 1 aliphatic heterocycles. The number of carbonyl (C=O) groups excluding carboxylic acids is 1. The van der Waals surface area contributed by atoms with Crippen LogP contribution in [0.15, 0.2) is 67.1 Å². The SMILES string of the molecule is O=C(c1ccc(Cl)nc1)N1CCN(Cc2ccccc2-c2cccnc2)CC1. The summed E-state index contributed by atoms with van der Waals surface area (Å²) < 4.78 is 0. The van der Waals surface area contributed by atoms with Gasteiger partial charge in [0.25, 0.3) is 5.91 Å². The van der Waals surface area contributed by atoms with Gasteiger partial charge in [0.2, 0.25) is 0 Å². The number of piperazine rings is 1. The van der Waals surface area contributed by atoms with E-state index in [0.29, 0.717) is 23.8 Å². The van der Waals surface area contributed by atoms with Gasteiger partial charge >= 0.3 is 0 Å². The molecule has 5 nitrogen and oxygen atoms in total. The lowest BCUT2D eigenvalue weighted by Gasteiger charge is -2.35. The van der Waals surface area contributed by atoms with Crippen molar-refractivity contribution < 1.29 is 4.79 Å². The molecular weight excluding hydrogens is 372 g/mol. The van der Waals surface area contributed by atoms with E-state index in [0.717, 1.165) is 25.2 Å². The largest absolute Gasteiger partial charge is 0.336 e. The van der Waals surface area contributed by atoms with Crippen molar-refractivity contribution in [3.05, 3.63) is 83.4 Å². The monoisotopic (exact) mass is 392 g/mol. The van der Waals surface area contributed by atoms with E-state index < -0.39 is 0 Å². The fraction of sp³-hybridized carbons (Fsp3) is 0.227. The van der Waals surface area contributed by atoms with Crippen molar-refractivity contribution >= 4 is 17.5 Å². The van der Waals surface area contributed by atoms with Gasteiger partial charge in [-0.3, -0.25) is 14.7 Å². The quantitative estimate of drug-likeness (QED) is 0.634. The Morgan fingerprint density at radius 3 is 2.50 bits per heavy atom. The van der Waals surface area contributed by atoms with Gasteiger partial charge in [-0.2, -0.15) is 0 Å². The average Bonchev–Trinajstić information content (AvgIpc) is 2.75. The van der Waals surface area contributed by atoms with E-state index in [4.69, 9.17) is 11.6 Å². The first kappa shape index (κ1) is 18.6. The number of aromatic nitrogens is 2. The van der Waals surface area contributed by atoms with Gasteiger partial charge in [-0.05, 0) is 29.3 Å². The van der Waals surface area contributed by atoms with Crippen molar-refractivity contribution in [3.63, 3.8) is 0 Å². The maximum atomic E-state index is 12.6. The number of hydrogen-bond acceptors (Lipinski definition) is 4. The van der Waals surface area contributed by atoms with E-state index in [9.17, 15) is 4.79 Å². The highest BCUT2D eigenvalue weighted by atomic mass is 35.5. The summed E-state index contributed by atoms with van der Waals surface area (Å²) in [5, 5.41) is 0.397. The molecule has 6 heteroatoms. The summed E-state index contributed by atoms with van der Waals surface area (Å²) >= 11 is 5.81. The van der Waals surface area contributed by atoms with Crippen LogP contribution < -0.4 is 0 Å². The Labute approximate surface area is 169 Å². The molecule has 0 atom stereocenters. The van der Waals surface area contributed by atoms with Crippen LogP contribution in [0.1, 0.15) is 15.9 Å². The molecule has 0 radical (unpaired) electrons. The van der Waals surface area contributed by atoms with Crippen molar-refractivity contribution in [1.82, 2.24) is 19.8 Å². The molecule has 0 spiro atoms. The van der Waals surface area contributed by atoms with Gasteiger partial charge in [0.05, 0.1) is 5.56 Å². The number of carbonyl (C=O) groups is 1. The molecule has 2 aromatic heterocycles. The van der Waals surface area contributed by atoms with Gasteiger partial charge in [-0.1, -0.05) is 41.9 Å². The third kappa shape index (κ3) is 4.21. The topological polar surface area (TPSA) is 49.3 Å². The minimum atomic E-state index is 0.0135. The molecule has 28 heavy (non-hydrogen) atoms. The van der Waals surface area contributed by atoms with E-state index >= 15 is 0 Å². The number of nitrogens with zero attached hydrogens (tertiary/aromatic N) is 4. The highest BCUT2D eigenvalue weighted by Crippen LogP contribution is 2.24. The van der Waals surface area contributed by atoms with Crippen LogP contribution in [0.5, 0.6) is 0 Å². The standard InChI is InChI=1S/C22H21ClN4O/c23-21-8-7-18(15-25-21)22(28)27-12-10-26(11-13-27)16-19-4-1-2-6-20(19)17-5-3-9-24-14-17/h1-9,14-15H,10-13,16H2. The van der Waals surface area contributed by atoms with Crippen LogP contribution >= 0.6 is 11.6 Å². The molecule has 3 heterocycles. The molecule has 4 rings (SSSR count). The lowest BCUT2D eigenvalue weighted by molar-refractivity contribution is 0.0628. The molecule has 0 unspecified atom stereocenters. The Kier molecular flexibility index (Phi) is 5.65. The summed E-state index contributed by atoms with van der Waals surface area (Å²) in [5.74, 6) is 0.0135. The maximum Gasteiger partial charge on any atom is 0.255 e. The number of hydrogen-bond donors (Lipinski definition) is 0. The summed E-state index contributed by atoms with van der Waals surface area (Å²) in [4.78, 5) is 25.2. The molecule has 1 saturated heterocycles. The zero-order chi connectivity index (χ0) is 19.3. The highest BCUT2D eigenvalue weighted by molar-refractivity contribution is 6.29. The minimum Gasteiger partial charge on any atom is -0.336 e. The van der Waals surface area contributed by atoms with E-state index in [1.807, 2.05) is 17.2 Å². The van der Waals surface area contributed by atoms with Crippen molar-refractivity contribution in [2.45, 2.75) is 6.54 Å². The first-order valence-corrected chi connectivity index (χ1v) is 9.70. The molecule has 0 aliphatic carbocycles. The van der Waals surface area contributed by atoms with Crippen LogP contribution in [-0.4, -0.2) is 51.9 Å². The lowest BCUT2D eigenvalue weighted by atomic mass is 10.0. The first-order valence-electron chi connectivity index (χ1n) is 9.32. The second-order valence-electron chi connectivity index (χ2n) is 6.84. The Morgan fingerprint density at radius 2 is 1.79 bits per heavy atom. The molecule has 0 N–H and O–H groups in total. The highest BCUT2D eigenvalue weighted by Gasteiger charge is 2.23. The number of pyridine rings is 2. The summed E-state index contributed by atoms with van der Waals surface area (Å²) in [6, 6.07) is 15.9. The molecule has 1 aromatic carbocycles. The summed E-state index contributed by atoms with van der Waals surface area (Å²) in [5.41, 5.74) is 4.19. The Balaban J connectivity index is 1.40. The average molecular weight is 393 g/mol. The number of halogens is 1. The van der Waals surface area contributed by atoms with Crippen LogP contribution in [0.3, 0.4) is 0 Å². The molecule has 3 aromatic rings. The predicted octanol–water partition coefficient (Wildman–Crippen LogP) is 3.76. The fourth-order valence-electron chi connectivity index (χ4n) is 3.50. The van der Waals surface area contributed by atoms with Crippen LogP contribution in [0.2, 0.25) is 5.15 Å². The van der Waals surface area contributed by atoms with Crippen LogP contribution in [0, 0.1) is 0 Å². The molecule has 1 aliphatic rings. The zero-order valence-electron chi connectivity index (χ0n) is 15.5. The molecule has 0 saturated carbocycles. The van der Waals surface area contributed by atoms with Gasteiger partial charge in [-0.25, -0.2) is 4.98 Å². The van der Waals surface area contributed by atoms with Crippen molar-refractivity contribution in [2.75, 3.05) is 26.2 Å². The zero-order valence-corrected chi connectivity index (χ0v) is 16.2. The molecule has 1 fully saturated rings. The van der Waals surface area contributed by atoms with E-state index in [1.165, 1.54) is 11.1 Å². The van der Waals surface area contributed by atoms with Crippen LogP contribution in [0.25, 0.3) is 11.1 Å².